The SMILES string of the molecule is N/C=C\C=C1\C=Cc2c(c3ccc(-c4ccc5c(c4)c4ccccc4n5-c4ccccc4)cc3n2-c2cc(-c3ccccc3)nc(-c3ccccc3)c2)C1. The fraction of sp³-hybridized carbons (Fsp3) is 0.0200. The summed E-state index contributed by atoms with van der Waals surface area (Å²) >= 11 is 0. The average molecular weight is 693 g/mol. The second-order valence-electron chi connectivity index (χ2n) is 13.8. The number of allylic oxidation sites excluding steroid dienone is 4. The number of para-hydroxylation sites is 2. The number of nitrogens with zero attached hydrogens (tertiary/aromatic N) is 3. The standard InChI is InChI=1S/C50H36N4/c51-28-12-13-34-22-26-48-43(29-34)42-25-23-38(37-24-27-49-44(30-37)41-20-10-11-21-47(41)53(49)39-18-8-3-9-19-39)31-50(42)54(48)40-32-45(35-14-4-1-5-15-35)52-46(33-40)36-16-6-2-7-17-36/h1-28,30-33H,29,51H2/b28-12-,34-13-. The van der Waals surface area contributed by atoms with E-state index in [0.29, 0.717) is 0 Å². The summed E-state index contributed by atoms with van der Waals surface area (Å²) in [6.07, 6.45) is 10.9. The average Bonchev–Trinajstić information content (AvgIpc) is 3.75. The Balaban J connectivity index is 1.20. The summed E-state index contributed by atoms with van der Waals surface area (Å²) in [6.45, 7) is 0. The molecule has 0 unspecified atom stereocenters. The van der Waals surface area contributed by atoms with E-state index in [1.165, 1.54) is 55.1 Å². The number of hydrogen-bond acceptors (Lipinski definition) is 2. The molecule has 1 aliphatic carbocycles. The molecule has 4 heteroatoms. The first-order chi connectivity index (χ1) is 26.7. The zero-order valence-corrected chi connectivity index (χ0v) is 29.6. The summed E-state index contributed by atoms with van der Waals surface area (Å²) in [5, 5.41) is 3.72. The van der Waals surface area contributed by atoms with Crippen molar-refractivity contribution >= 4 is 38.8 Å². The van der Waals surface area contributed by atoms with Gasteiger partial charge in [-0.1, -0.05) is 127 Å². The lowest BCUT2D eigenvalue weighted by molar-refractivity contribution is 1.06. The number of nitrogens with two attached hydrogens (primary N) is 1. The van der Waals surface area contributed by atoms with E-state index < -0.39 is 0 Å². The van der Waals surface area contributed by atoms with Crippen LogP contribution >= 0.6 is 0 Å². The fourth-order valence-electron chi connectivity index (χ4n) is 8.10. The zero-order valence-electron chi connectivity index (χ0n) is 29.6. The Morgan fingerprint density at radius 1 is 0.481 bits per heavy atom. The Kier molecular flexibility index (Phi) is 7.66. The van der Waals surface area contributed by atoms with Gasteiger partial charge in [0.15, 0.2) is 0 Å². The Morgan fingerprint density at radius 2 is 1.11 bits per heavy atom. The monoisotopic (exact) mass is 692 g/mol. The minimum absolute atomic E-state index is 0.812. The molecule has 9 aromatic rings. The van der Waals surface area contributed by atoms with Crippen molar-refractivity contribution in [1.29, 1.82) is 0 Å². The molecule has 54 heavy (non-hydrogen) atoms. The highest BCUT2D eigenvalue weighted by Crippen LogP contribution is 2.40. The first kappa shape index (κ1) is 31.6. The molecule has 10 rings (SSSR count). The van der Waals surface area contributed by atoms with E-state index in [2.05, 4.69) is 191 Å². The summed E-state index contributed by atoms with van der Waals surface area (Å²) in [5.41, 5.74) is 21.6. The molecule has 6 aromatic carbocycles. The van der Waals surface area contributed by atoms with Crippen molar-refractivity contribution < 1.29 is 0 Å². The van der Waals surface area contributed by atoms with Crippen LogP contribution in [0, 0.1) is 0 Å². The molecule has 0 aliphatic heterocycles. The van der Waals surface area contributed by atoms with Gasteiger partial charge in [0.2, 0.25) is 0 Å². The van der Waals surface area contributed by atoms with Crippen LogP contribution in [-0.4, -0.2) is 14.1 Å². The highest BCUT2D eigenvalue weighted by molar-refractivity contribution is 6.10. The van der Waals surface area contributed by atoms with E-state index in [1.54, 1.807) is 6.20 Å². The highest BCUT2D eigenvalue weighted by atomic mass is 15.0. The lowest BCUT2D eigenvalue weighted by Crippen LogP contribution is -2.03. The molecule has 4 nitrogen and oxygen atoms in total. The van der Waals surface area contributed by atoms with E-state index in [0.717, 1.165) is 45.8 Å². The molecule has 1 aliphatic rings. The third-order valence-electron chi connectivity index (χ3n) is 10.6. The van der Waals surface area contributed by atoms with Gasteiger partial charge in [-0.25, -0.2) is 4.98 Å². The molecule has 0 bridgehead atoms. The van der Waals surface area contributed by atoms with Gasteiger partial charge >= 0.3 is 0 Å². The van der Waals surface area contributed by atoms with Gasteiger partial charge in [0.05, 0.1) is 39.3 Å². The van der Waals surface area contributed by atoms with E-state index >= 15 is 0 Å². The molecule has 0 spiro atoms. The summed E-state index contributed by atoms with van der Waals surface area (Å²) < 4.78 is 4.80. The first-order valence-electron chi connectivity index (χ1n) is 18.4. The van der Waals surface area contributed by atoms with Crippen LogP contribution in [0.1, 0.15) is 11.3 Å². The first-order valence-corrected chi connectivity index (χ1v) is 18.4. The summed E-state index contributed by atoms with van der Waals surface area (Å²) in [7, 11) is 0. The van der Waals surface area contributed by atoms with Crippen LogP contribution in [-0.2, 0) is 6.42 Å². The smallest absolute Gasteiger partial charge is 0.0730 e. The Morgan fingerprint density at radius 3 is 1.83 bits per heavy atom. The summed E-state index contributed by atoms with van der Waals surface area (Å²) in [4.78, 5) is 5.20. The van der Waals surface area contributed by atoms with Crippen molar-refractivity contribution in [3.63, 3.8) is 0 Å². The maximum absolute atomic E-state index is 5.74. The number of pyridine rings is 1. The molecule has 0 atom stereocenters. The normalized spacial score (nSPS) is 13.4. The number of aromatic nitrogens is 3. The Hall–Kier alpha value is -7.17. The minimum atomic E-state index is 0.812. The van der Waals surface area contributed by atoms with Gasteiger partial charge in [-0.2, -0.15) is 0 Å². The van der Waals surface area contributed by atoms with Gasteiger partial charge in [0.25, 0.3) is 0 Å². The Labute approximate surface area is 314 Å². The molecular formula is C50H36N4. The van der Waals surface area contributed by atoms with Crippen LogP contribution in [0.5, 0.6) is 0 Å². The second-order valence-corrected chi connectivity index (χ2v) is 13.8. The van der Waals surface area contributed by atoms with Crippen molar-refractivity contribution in [2.45, 2.75) is 6.42 Å². The van der Waals surface area contributed by atoms with Gasteiger partial charge in [-0.15, -0.1) is 0 Å². The third-order valence-corrected chi connectivity index (χ3v) is 10.6. The molecule has 0 saturated heterocycles. The summed E-state index contributed by atoms with van der Waals surface area (Å²) in [5.74, 6) is 0. The minimum Gasteiger partial charge on any atom is -0.405 e. The fourth-order valence-corrected chi connectivity index (χ4v) is 8.10. The third kappa shape index (κ3) is 5.35. The quantitative estimate of drug-likeness (QED) is 0.189. The number of hydrogen-bond donors (Lipinski definition) is 1. The van der Waals surface area contributed by atoms with Gasteiger partial charge in [0, 0.05) is 39.4 Å². The predicted molar refractivity (Wildman–Crippen MR) is 226 cm³/mol. The van der Waals surface area contributed by atoms with Gasteiger partial charge < -0.3 is 14.9 Å². The lowest BCUT2D eigenvalue weighted by Gasteiger charge is -2.16. The molecule has 3 heterocycles. The predicted octanol–water partition coefficient (Wildman–Crippen LogP) is 12.1. The molecule has 2 N–H and O–H groups in total. The summed E-state index contributed by atoms with van der Waals surface area (Å²) in [6, 6.07) is 58.6. The van der Waals surface area contributed by atoms with Crippen LogP contribution in [0.15, 0.2) is 194 Å². The molecule has 0 fully saturated rings. The van der Waals surface area contributed by atoms with Gasteiger partial charge in [-0.3, -0.25) is 0 Å². The highest BCUT2D eigenvalue weighted by Gasteiger charge is 2.22. The topological polar surface area (TPSA) is 48.8 Å². The van der Waals surface area contributed by atoms with Gasteiger partial charge in [-0.05, 0) is 89.1 Å². The molecule has 0 saturated carbocycles. The largest absolute Gasteiger partial charge is 0.405 e. The molecule has 0 radical (unpaired) electrons. The van der Waals surface area contributed by atoms with Crippen molar-refractivity contribution in [2.75, 3.05) is 0 Å². The molecule has 256 valence electrons. The van der Waals surface area contributed by atoms with Crippen LogP contribution in [0.25, 0.3) is 83.8 Å². The van der Waals surface area contributed by atoms with Crippen molar-refractivity contribution in [1.82, 2.24) is 14.1 Å². The molecule has 0 amide bonds. The van der Waals surface area contributed by atoms with Crippen molar-refractivity contribution in [2.24, 2.45) is 5.73 Å². The van der Waals surface area contributed by atoms with Crippen molar-refractivity contribution in [3.05, 3.63) is 205 Å². The van der Waals surface area contributed by atoms with E-state index in [1.807, 2.05) is 6.08 Å². The lowest BCUT2D eigenvalue weighted by atomic mass is 9.95. The number of rotatable bonds is 6. The van der Waals surface area contributed by atoms with Crippen molar-refractivity contribution in [3.8, 4) is 45.0 Å². The molecule has 3 aromatic heterocycles. The second kappa shape index (κ2) is 13.1. The van der Waals surface area contributed by atoms with E-state index in [9.17, 15) is 0 Å². The van der Waals surface area contributed by atoms with E-state index in [-0.39, 0.29) is 0 Å². The van der Waals surface area contributed by atoms with E-state index in [4.69, 9.17) is 10.7 Å². The number of fused-ring (bicyclic) bond motifs is 6. The maximum Gasteiger partial charge on any atom is 0.0730 e. The Bertz CT molecular complexity index is 2890. The van der Waals surface area contributed by atoms with Crippen LogP contribution in [0.3, 0.4) is 0 Å². The van der Waals surface area contributed by atoms with Crippen LogP contribution in [0.4, 0.5) is 0 Å². The van der Waals surface area contributed by atoms with Gasteiger partial charge in [0.1, 0.15) is 0 Å². The van der Waals surface area contributed by atoms with Crippen LogP contribution < -0.4 is 5.73 Å². The zero-order chi connectivity index (χ0) is 36.0. The maximum atomic E-state index is 5.74. The number of benzene rings is 6. The molecular weight excluding hydrogens is 657 g/mol. The van der Waals surface area contributed by atoms with Crippen LogP contribution in [0.2, 0.25) is 0 Å².